The normalized spacial score (nSPS) is 27.0. The third-order valence-corrected chi connectivity index (χ3v) is 5.54. The van der Waals surface area contributed by atoms with Crippen molar-refractivity contribution in [3.8, 4) is 12.1 Å². The maximum Gasteiger partial charge on any atom is 0.115 e. The standard InChI is InChI=1S/C24H24N2O4/c25-13-11-19(17-7-3-1-4-8-17)29-21-15-27-24-22(16-28-23(21)24)30-20(12-14-26)18-9-5-2-6-10-18/h1-10,19-24H,11-12,15-16H2/t19?,20?,21-,22-,23?,24?/m0/s1. The highest BCUT2D eigenvalue weighted by Crippen LogP contribution is 2.36. The summed E-state index contributed by atoms with van der Waals surface area (Å²) in [6.45, 7) is 0.774. The van der Waals surface area contributed by atoms with E-state index in [0.29, 0.717) is 13.2 Å². The molecule has 2 fully saturated rings. The fourth-order valence-electron chi connectivity index (χ4n) is 4.07. The monoisotopic (exact) mass is 404 g/mol. The summed E-state index contributed by atoms with van der Waals surface area (Å²) in [5, 5.41) is 18.4. The van der Waals surface area contributed by atoms with Gasteiger partial charge in [-0.2, -0.15) is 10.5 Å². The molecule has 2 aromatic rings. The zero-order valence-corrected chi connectivity index (χ0v) is 16.6. The lowest BCUT2D eigenvalue weighted by Gasteiger charge is -2.23. The highest BCUT2D eigenvalue weighted by Gasteiger charge is 2.50. The highest BCUT2D eigenvalue weighted by molar-refractivity contribution is 5.20. The third-order valence-electron chi connectivity index (χ3n) is 5.54. The van der Waals surface area contributed by atoms with E-state index in [0.717, 1.165) is 11.1 Å². The lowest BCUT2D eigenvalue weighted by Crippen LogP contribution is -2.35. The van der Waals surface area contributed by atoms with Gasteiger partial charge in [0.2, 0.25) is 0 Å². The Morgan fingerprint density at radius 3 is 1.50 bits per heavy atom. The molecule has 0 saturated carbocycles. The topological polar surface area (TPSA) is 84.5 Å². The molecule has 6 atom stereocenters. The minimum absolute atomic E-state index is 0.251. The van der Waals surface area contributed by atoms with Crippen LogP contribution < -0.4 is 0 Å². The van der Waals surface area contributed by atoms with Gasteiger partial charge in [0.05, 0.1) is 50.4 Å². The van der Waals surface area contributed by atoms with Crippen LogP contribution >= 0.6 is 0 Å². The van der Waals surface area contributed by atoms with Gasteiger partial charge in [-0.15, -0.1) is 0 Å². The van der Waals surface area contributed by atoms with Crippen LogP contribution in [0.1, 0.15) is 36.2 Å². The number of rotatable bonds is 8. The van der Waals surface area contributed by atoms with Gasteiger partial charge >= 0.3 is 0 Å². The van der Waals surface area contributed by atoms with Gasteiger partial charge in [-0.1, -0.05) is 60.7 Å². The molecule has 0 aromatic heterocycles. The summed E-state index contributed by atoms with van der Waals surface area (Å²) in [4.78, 5) is 0. The van der Waals surface area contributed by atoms with Crippen LogP contribution in [0.25, 0.3) is 0 Å². The predicted molar refractivity (Wildman–Crippen MR) is 108 cm³/mol. The molecule has 0 aliphatic carbocycles. The van der Waals surface area contributed by atoms with E-state index in [1.54, 1.807) is 0 Å². The Hall–Kier alpha value is -2.74. The maximum atomic E-state index is 9.22. The van der Waals surface area contributed by atoms with Crippen molar-refractivity contribution in [2.24, 2.45) is 0 Å². The van der Waals surface area contributed by atoms with Crippen LogP contribution in [0.15, 0.2) is 60.7 Å². The quantitative estimate of drug-likeness (QED) is 0.664. The average molecular weight is 404 g/mol. The van der Waals surface area contributed by atoms with E-state index in [-0.39, 0.29) is 49.5 Å². The fourth-order valence-corrected chi connectivity index (χ4v) is 4.07. The predicted octanol–water partition coefficient (Wildman–Crippen LogP) is 3.86. The van der Waals surface area contributed by atoms with E-state index in [2.05, 4.69) is 12.1 Å². The van der Waals surface area contributed by atoms with E-state index in [4.69, 9.17) is 18.9 Å². The van der Waals surface area contributed by atoms with E-state index >= 15 is 0 Å². The molecule has 0 amide bonds. The smallest absolute Gasteiger partial charge is 0.115 e. The van der Waals surface area contributed by atoms with Gasteiger partial charge in [0.1, 0.15) is 24.4 Å². The molecule has 0 radical (unpaired) electrons. The van der Waals surface area contributed by atoms with Crippen LogP contribution in [0.3, 0.4) is 0 Å². The Bertz CT molecular complexity index is 817. The van der Waals surface area contributed by atoms with Gasteiger partial charge < -0.3 is 18.9 Å². The first-order valence-electron chi connectivity index (χ1n) is 10.2. The van der Waals surface area contributed by atoms with Crippen LogP contribution in [-0.2, 0) is 18.9 Å². The first-order valence-corrected chi connectivity index (χ1v) is 10.2. The summed E-state index contributed by atoms with van der Waals surface area (Å²) in [5.74, 6) is 0. The lowest BCUT2D eigenvalue weighted by molar-refractivity contribution is -0.0868. The first kappa shape index (κ1) is 20.5. The van der Waals surface area contributed by atoms with Crippen molar-refractivity contribution < 1.29 is 18.9 Å². The second-order valence-electron chi connectivity index (χ2n) is 7.47. The molecular formula is C24H24N2O4. The maximum absolute atomic E-state index is 9.22. The van der Waals surface area contributed by atoms with Crippen LogP contribution in [0.4, 0.5) is 0 Å². The number of ether oxygens (including phenoxy) is 4. The summed E-state index contributed by atoms with van der Waals surface area (Å²) in [6, 6.07) is 23.9. The molecule has 2 aromatic carbocycles. The van der Waals surface area contributed by atoms with Crippen molar-refractivity contribution in [3.05, 3.63) is 71.8 Å². The number of fused-ring (bicyclic) bond motifs is 1. The molecule has 4 rings (SSSR count). The summed E-state index contributed by atoms with van der Waals surface area (Å²) in [5.41, 5.74) is 1.93. The summed E-state index contributed by atoms with van der Waals surface area (Å²) in [7, 11) is 0. The van der Waals surface area contributed by atoms with Gasteiger partial charge in [-0.3, -0.25) is 0 Å². The molecule has 2 aliphatic rings. The van der Waals surface area contributed by atoms with Crippen molar-refractivity contribution >= 4 is 0 Å². The Kier molecular flexibility index (Phi) is 6.74. The molecule has 0 spiro atoms. The zero-order chi connectivity index (χ0) is 20.8. The molecule has 2 saturated heterocycles. The van der Waals surface area contributed by atoms with Crippen molar-refractivity contribution in [1.82, 2.24) is 0 Å². The summed E-state index contributed by atoms with van der Waals surface area (Å²) in [6.07, 6.45) is -1.18. The van der Waals surface area contributed by atoms with Crippen molar-refractivity contribution in [3.63, 3.8) is 0 Å². The van der Waals surface area contributed by atoms with E-state index < -0.39 is 0 Å². The Labute approximate surface area is 176 Å². The van der Waals surface area contributed by atoms with Crippen LogP contribution in [0.2, 0.25) is 0 Å². The number of hydrogen-bond donors (Lipinski definition) is 0. The highest BCUT2D eigenvalue weighted by atomic mass is 16.6. The summed E-state index contributed by atoms with van der Waals surface area (Å²) < 4.78 is 24.5. The van der Waals surface area contributed by atoms with Crippen LogP contribution in [-0.4, -0.2) is 37.6 Å². The fraction of sp³-hybridized carbons (Fsp3) is 0.417. The van der Waals surface area contributed by atoms with Crippen molar-refractivity contribution in [1.29, 1.82) is 10.5 Å². The van der Waals surface area contributed by atoms with Gasteiger partial charge in [-0.05, 0) is 11.1 Å². The van der Waals surface area contributed by atoms with E-state index in [9.17, 15) is 10.5 Å². The molecule has 2 aliphatic heterocycles. The van der Waals surface area contributed by atoms with Gasteiger partial charge in [0.25, 0.3) is 0 Å². The van der Waals surface area contributed by atoms with Crippen LogP contribution in [0.5, 0.6) is 0 Å². The molecule has 154 valence electrons. The lowest BCUT2D eigenvalue weighted by atomic mass is 10.0. The molecule has 4 unspecified atom stereocenters. The molecule has 6 nitrogen and oxygen atoms in total. The van der Waals surface area contributed by atoms with Gasteiger partial charge in [0, 0.05) is 0 Å². The molecule has 0 N–H and O–H groups in total. The van der Waals surface area contributed by atoms with Gasteiger partial charge in [0.15, 0.2) is 0 Å². The minimum Gasteiger partial charge on any atom is -0.370 e. The van der Waals surface area contributed by atoms with Crippen molar-refractivity contribution in [2.75, 3.05) is 13.2 Å². The molecule has 30 heavy (non-hydrogen) atoms. The van der Waals surface area contributed by atoms with Crippen molar-refractivity contribution in [2.45, 2.75) is 49.5 Å². The zero-order valence-electron chi connectivity index (χ0n) is 16.6. The summed E-state index contributed by atoms with van der Waals surface area (Å²) >= 11 is 0. The van der Waals surface area contributed by atoms with E-state index in [1.165, 1.54) is 0 Å². The second-order valence-corrected chi connectivity index (χ2v) is 7.47. The first-order chi connectivity index (χ1) is 14.8. The Balaban J connectivity index is 1.41. The molecular weight excluding hydrogens is 380 g/mol. The molecule has 6 heteroatoms. The SMILES string of the molecule is N#CCC(O[C@H]1COC2C1OC[C@@H]2OC(CC#N)c1ccccc1)c1ccccc1. The molecule has 2 heterocycles. The number of nitrogens with zero attached hydrogens (tertiary/aromatic N) is 2. The van der Waals surface area contributed by atoms with Gasteiger partial charge in [-0.25, -0.2) is 0 Å². The number of nitriles is 2. The second kappa shape index (κ2) is 9.84. The number of hydrogen-bond acceptors (Lipinski definition) is 6. The minimum atomic E-state index is -0.331. The Morgan fingerprint density at radius 1 is 0.733 bits per heavy atom. The van der Waals surface area contributed by atoms with E-state index in [1.807, 2.05) is 60.7 Å². The third kappa shape index (κ3) is 4.53. The van der Waals surface area contributed by atoms with Crippen LogP contribution in [0, 0.1) is 22.7 Å². The Morgan fingerprint density at radius 2 is 1.13 bits per heavy atom. The molecule has 0 bridgehead atoms. The number of benzene rings is 2. The largest absolute Gasteiger partial charge is 0.370 e. The average Bonchev–Trinajstić information content (AvgIpc) is 3.37.